The van der Waals surface area contributed by atoms with E-state index in [4.69, 9.17) is 20.8 Å². The van der Waals surface area contributed by atoms with Gasteiger partial charge in [-0.25, -0.2) is 4.79 Å². The lowest BCUT2D eigenvalue weighted by Gasteiger charge is -2.06. The van der Waals surface area contributed by atoms with Gasteiger partial charge in [-0.1, -0.05) is 22.9 Å². The Balaban J connectivity index is 1.90. The van der Waals surface area contributed by atoms with E-state index in [1.807, 2.05) is 13.0 Å². The van der Waals surface area contributed by atoms with E-state index in [0.29, 0.717) is 23.5 Å². The van der Waals surface area contributed by atoms with E-state index in [2.05, 4.69) is 10.2 Å². The van der Waals surface area contributed by atoms with Crippen LogP contribution in [-0.2, 0) is 6.61 Å². The summed E-state index contributed by atoms with van der Waals surface area (Å²) in [5.41, 5.74) is 0.612. The number of hydrogen-bond donors (Lipinski definition) is 0. The van der Waals surface area contributed by atoms with Crippen LogP contribution < -0.4 is 10.4 Å². The fraction of sp³-hybridized carbons (Fsp3) is 0.214. The number of benzene rings is 1. The van der Waals surface area contributed by atoms with Gasteiger partial charge in [0.05, 0.1) is 0 Å². The molecule has 0 aliphatic heterocycles. The number of rotatable bonds is 3. The zero-order valence-electron chi connectivity index (χ0n) is 11.3. The van der Waals surface area contributed by atoms with Crippen LogP contribution in [0, 0.1) is 13.8 Å². The van der Waals surface area contributed by atoms with Crippen LogP contribution in [-0.4, -0.2) is 10.2 Å². The van der Waals surface area contributed by atoms with Crippen molar-refractivity contribution < 1.29 is 9.15 Å². The van der Waals surface area contributed by atoms with Crippen molar-refractivity contribution in [1.29, 1.82) is 0 Å². The smallest absolute Gasteiger partial charge is 0.355 e. The lowest BCUT2D eigenvalue weighted by molar-refractivity contribution is 0.304. The molecule has 0 bridgehead atoms. The van der Waals surface area contributed by atoms with Gasteiger partial charge in [-0.05, 0) is 31.5 Å². The van der Waals surface area contributed by atoms with Crippen LogP contribution in [0.5, 0.6) is 5.75 Å². The summed E-state index contributed by atoms with van der Waals surface area (Å²) < 4.78 is 10.8. The van der Waals surface area contributed by atoms with Crippen LogP contribution in [0.4, 0.5) is 0 Å². The molecule has 21 heavy (non-hydrogen) atoms. The van der Waals surface area contributed by atoms with Crippen LogP contribution in [0.2, 0.25) is 5.02 Å². The van der Waals surface area contributed by atoms with Gasteiger partial charge in [0, 0.05) is 11.5 Å². The maximum absolute atomic E-state index is 11.6. The Hall–Kier alpha value is -1.92. The Morgan fingerprint density at radius 1 is 1.33 bits per heavy atom. The van der Waals surface area contributed by atoms with Gasteiger partial charge in [0.25, 0.3) is 0 Å². The predicted octanol–water partition coefficient (Wildman–Crippen LogP) is 3.49. The largest absolute Gasteiger partial charge is 0.486 e. The Labute approximate surface area is 129 Å². The zero-order valence-corrected chi connectivity index (χ0v) is 12.9. The molecule has 1 aromatic carbocycles. The molecule has 0 saturated heterocycles. The molecule has 3 rings (SSSR count). The molecule has 0 atom stereocenters. The molecule has 0 aliphatic carbocycles. The van der Waals surface area contributed by atoms with Crippen LogP contribution >= 0.6 is 22.9 Å². The number of hydrogen-bond acceptors (Lipinski definition) is 6. The molecule has 0 radical (unpaired) electrons. The Bertz CT molecular complexity index is 872. The molecule has 5 nitrogen and oxygen atoms in total. The molecule has 0 saturated carbocycles. The van der Waals surface area contributed by atoms with Crippen LogP contribution in [0.15, 0.2) is 27.4 Å². The summed E-state index contributed by atoms with van der Waals surface area (Å²) in [5, 5.41) is 10.5. The summed E-state index contributed by atoms with van der Waals surface area (Å²) in [6.07, 6.45) is 0. The lowest BCUT2D eigenvalue weighted by Crippen LogP contribution is -2.02. The highest BCUT2D eigenvalue weighted by Gasteiger charge is 2.10. The fourth-order valence-corrected chi connectivity index (χ4v) is 2.71. The fourth-order valence-electron chi connectivity index (χ4n) is 1.94. The highest BCUT2D eigenvalue weighted by Crippen LogP contribution is 2.26. The summed E-state index contributed by atoms with van der Waals surface area (Å²) in [5.74, 6) is 0.597. The Kier molecular flexibility index (Phi) is 3.65. The zero-order chi connectivity index (χ0) is 15.0. The number of aromatic nitrogens is 2. The normalized spacial score (nSPS) is 11.0. The van der Waals surface area contributed by atoms with Crippen LogP contribution in [0.3, 0.4) is 0 Å². The Morgan fingerprint density at radius 2 is 2.14 bits per heavy atom. The third-order valence-electron chi connectivity index (χ3n) is 3.00. The first kappa shape index (κ1) is 14.0. The van der Waals surface area contributed by atoms with Gasteiger partial charge in [-0.15, -0.1) is 10.2 Å². The van der Waals surface area contributed by atoms with Gasteiger partial charge < -0.3 is 9.15 Å². The molecular weight excluding hydrogens is 312 g/mol. The average Bonchev–Trinajstić information content (AvgIpc) is 2.88. The summed E-state index contributed by atoms with van der Waals surface area (Å²) in [7, 11) is 0. The second-order valence-corrected chi connectivity index (χ2v) is 6.13. The topological polar surface area (TPSA) is 65.2 Å². The third-order valence-corrected chi connectivity index (χ3v) is 4.25. The highest BCUT2D eigenvalue weighted by atomic mass is 35.5. The number of halogens is 1. The van der Waals surface area contributed by atoms with Gasteiger partial charge in [0.2, 0.25) is 0 Å². The number of fused-ring (bicyclic) bond motifs is 1. The van der Waals surface area contributed by atoms with Crippen LogP contribution in [0.25, 0.3) is 11.0 Å². The standard InChI is InChI=1S/C14H11ClN2O3S/c1-7-10-4-3-9(5-11(10)20-14(18)13(7)15)19-6-12-17-16-8(2)21-12/h3-5H,6H2,1-2H3. The van der Waals surface area contributed by atoms with Crippen molar-refractivity contribution in [3.05, 3.63) is 49.2 Å². The molecule has 2 aromatic heterocycles. The van der Waals surface area contributed by atoms with Crippen molar-refractivity contribution in [1.82, 2.24) is 10.2 Å². The van der Waals surface area contributed by atoms with E-state index in [1.54, 1.807) is 19.1 Å². The van der Waals surface area contributed by atoms with Gasteiger partial charge in [0.1, 0.15) is 28.0 Å². The number of ether oxygens (including phenoxy) is 1. The molecule has 108 valence electrons. The predicted molar refractivity (Wildman–Crippen MR) is 81.2 cm³/mol. The van der Waals surface area contributed by atoms with Crippen LogP contribution in [0.1, 0.15) is 15.6 Å². The molecule has 0 N–H and O–H groups in total. The monoisotopic (exact) mass is 322 g/mol. The second kappa shape index (κ2) is 5.46. The minimum Gasteiger partial charge on any atom is -0.486 e. The van der Waals surface area contributed by atoms with Crippen molar-refractivity contribution >= 4 is 33.9 Å². The number of aryl methyl sites for hydroxylation is 2. The first-order chi connectivity index (χ1) is 10.0. The quantitative estimate of drug-likeness (QED) is 0.690. The van der Waals surface area contributed by atoms with E-state index < -0.39 is 5.63 Å². The van der Waals surface area contributed by atoms with Crippen molar-refractivity contribution in [2.75, 3.05) is 0 Å². The molecule has 0 fully saturated rings. The molecule has 0 aliphatic rings. The highest BCUT2D eigenvalue weighted by molar-refractivity contribution is 7.11. The Morgan fingerprint density at radius 3 is 2.86 bits per heavy atom. The minimum atomic E-state index is -0.543. The van der Waals surface area contributed by atoms with E-state index in [9.17, 15) is 4.79 Å². The van der Waals surface area contributed by atoms with Crippen molar-refractivity contribution in [2.45, 2.75) is 20.5 Å². The molecule has 0 amide bonds. The maximum atomic E-state index is 11.6. The molecule has 2 heterocycles. The van der Waals surface area contributed by atoms with E-state index in [-0.39, 0.29) is 5.02 Å². The van der Waals surface area contributed by atoms with E-state index in [1.165, 1.54) is 11.3 Å². The molecule has 0 unspecified atom stereocenters. The first-order valence-corrected chi connectivity index (χ1v) is 7.39. The van der Waals surface area contributed by atoms with Crippen molar-refractivity contribution in [3.8, 4) is 5.75 Å². The van der Waals surface area contributed by atoms with Crippen molar-refractivity contribution in [2.24, 2.45) is 0 Å². The van der Waals surface area contributed by atoms with Gasteiger partial charge >= 0.3 is 5.63 Å². The minimum absolute atomic E-state index is 0.112. The lowest BCUT2D eigenvalue weighted by atomic mass is 10.1. The number of nitrogens with zero attached hydrogens (tertiary/aromatic N) is 2. The molecule has 0 spiro atoms. The SMILES string of the molecule is Cc1nnc(COc2ccc3c(C)c(Cl)c(=O)oc3c2)s1. The van der Waals surface area contributed by atoms with E-state index >= 15 is 0 Å². The average molecular weight is 323 g/mol. The first-order valence-electron chi connectivity index (χ1n) is 6.19. The third kappa shape index (κ3) is 2.77. The molecule has 7 heteroatoms. The summed E-state index contributed by atoms with van der Waals surface area (Å²) >= 11 is 7.37. The van der Waals surface area contributed by atoms with Gasteiger partial charge in [-0.2, -0.15) is 0 Å². The van der Waals surface area contributed by atoms with Gasteiger partial charge in [0.15, 0.2) is 5.01 Å². The summed E-state index contributed by atoms with van der Waals surface area (Å²) in [4.78, 5) is 11.6. The molecular formula is C14H11ClN2O3S. The molecule has 3 aromatic rings. The second-order valence-electron chi connectivity index (χ2n) is 4.49. The van der Waals surface area contributed by atoms with E-state index in [0.717, 1.165) is 15.4 Å². The maximum Gasteiger partial charge on any atom is 0.355 e. The van der Waals surface area contributed by atoms with Crippen molar-refractivity contribution in [3.63, 3.8) is 0 Å². The summed E-state index contributed by atoms with van der Waals surface area (Å²) in [6.45, 7) is 4.00. The van der Waals surface area contributed by atoms with Gasteiger partial charge in [-0.3, -0.25) is 0 Å². The summed E-state index contributed by atoms with van der Waals surface area (Å²) in [6, 6.07) is 5.30.